The Kier molecular flexibility index (Phi) is 5.52. The van der Waals surface area contributed by atoms with E-state index in [1.807, 2.05) is 65.7 Å². The second kappa shape index (κ2) is 8.57. The standard InChI is InChI=1S/C23H19FN4O2/c24-18-13-11-17(12-14-18)22(29)25-26-23(30)20-15-21(16-7-3-1-4-8-16)28(27-20)19-9-5-2-6-10-19/h1-14,21H,15H2,(H,25,29)(H,26,30). The molecule has 0 aliphatic carbocycles. The number of para-hydroxylation sites is 1. The summed E-state index contributed by atoms with van der Waals surface area (Å²) in [5, 5.41) is 6.33. The lowest BCUT2D eigenvalue weighted by molar-refractivity contribution is -0.115. The van der Waals surface area contributed by atoms with Crippen molar-refractivity contribution < 1.29 is 14.0 Å². The Morgan fingerprint density at radius 3 is 2.10 bits per heavy atom. The Morgan fingerprint density at radius 2 is 1.43 bits per heavy atom. The van der Waals surface area contributed by atoms with Gasteiger partial charge in [0.1, 0.15) is 11.5 Å². The van der Waals surface area contributed by atoms with Crippen LogP contribution in [0.15, 0.2) is 90.0 Å². The zero-order chi connectivity index (χ0) is 20.9. The van der Waals surface area contributed by atoms with Gasteiger partial charge in [0.15, 0.2) is 0 Å². The molecule has 7 heteroatoms. The lowest BCUT2D eigenvalue weighted by Gasteiger charge is -2.23. The van der Waals surface area contributed by atoms with Gasteiger partial charge in [-0.1, -0.05) is 48.5 Å². The van der Waals surface area contributed by atoms with Gasteiger partial charge in [0.25, 0.3) is 11.8 Å². The molecule has 0 saturated carbocycles. The number of carbonyl (C=O) groups is 2. The number of carbonyl (C=O) groups excluding carboxylic acids is 2. The lowest BCUT2D eigenvalue weighted by atomic mass is 10.0. The number of hydrazone groups is 1. The number of nitrogens with one attached hydrogen (secondary N) is 2. The summed E-state index contributed by atoms with van der Waals surface area (Å²) in [6.45, 7) is 0. The number of rotatable bonds is 4. The molecule has 0 bridgehead atoms. The highest BCUT2D eigenvalue weighted by Crippen LogP contribution is 2.34. The summed E-state index contributed by atoms with van der Waals surface area (Å²) in [5.74, 6) is -1.48. The molecule has 6 nitrogen and oxygen atoms in total. The first-order valence-electron chi connectivity index (χ1n) is 9.45. The molecule has 1 unspecified atom stereocenters. The van der Waals surface area contributed by atoms with Gasteiger partial charge in [0, 0.05) is 12.0 Å². The van der Waals surface area contributed by atoms with Crippen LogP contribution < -0.4 is 15.9 Å². The van der Waals surface area contributed by atoms with Crippen molar-refractivity contribution in [1.29, 1.82) is 0 Å². The molecule has 0 radical (unpaired) electrons. The van der Waals surface area contributed by atoms with Crippen molar-refractivity contribution in [3.05, 3.63) is 102 Å². The molecule has 1 aliphatic rings. The predicted octanol–water partition coefficient (Wildman–Crippen LogP) is 3.59. The van der Waals surface area contributed by atoms with Crippen molar-refractivity contribution >= 4 is 23.2 Å². The van der Waals surface area contributed by atoms with Crippen LogP contribution in [0.3, 0.4) is 0 Å². The quantitative estimate of drug-likeness (QED) is 0.655. The maximum Gasteiger partial charge on any atom is 0.285 e. The van der Waals surface area contributed by atoms with E-state index in [2.05, 4.69) is 16.0 Å². The SMILES string of the molecule is O=C(NNC(=O)c1ccc(F)cc1)C1=NN(c2ccccc2)C(c2ccccc2)C1. The molecule has 3 aromatic carbocycles. The Bertz CT molecular complexity index is 1070. The van der Waals surface area contributed by atoms with Gasteiger partial charge in [-0.15, -0.1) is 0 Å². The van der Waals surface area contributed by atoms with Gasteiger partial charge in [-0.25, -0.2) is 4.39 Å². The van der Waals surface area contributed by atoms with E-state index in [1.165, 1.54) is 24.3 Å². The van der Waals surface area contributed by atoms with Crippen molar-refractivity contribution in [2.24, 2.45) is 5.10 Å². The summed E-state index contributed by atoms with van der Waals surface area (Å²) < 4.78 is 13.0. The first kappa shape index (κ1) is 19.3. The van der Waals surface area contributed by atoms with Crippen LogP contribution in [0.5, 0.6) is 0 Å². The van der Waals surface area contributed by atoms with E-state index in [9.17, 15) is 14.0 Å². The first-order chi connectivity index (χ1) is 14.6. The summed E-state index contributed by atoms with van der Waals surface area (Å²) in [7, 11) is 0. The highest BCUT2D eigenvalue weighted by Gasteiger charge is 2.32. The van der Waals surface area contributed by atoms with E-state index in [1.54, 1.807) is 0 Å². The Labute approximate surface area is 173 Å². The molecule has 2 N–H and O–H groups in total. The third-order valence-corrected chi connectivity index (χ3v) is 4.77. The molecule has 1 heterocycles. The molecule has 30 heavy (non-hydrogen) atoms. The van der Waals surface area contributed by atoms with Crippen LogP contribution in [0, 0.1) is 5.82 Å². The van der Waals surface area contributed by atoms with Gasteiger partial charge < -0.3 is 0 Å². The molecule has 0 spiro atoms. The van der Waals surface area contributed by atoms with Crippen molar-refractivity contribution in [2.75, 3.05) is 5.01 Å². The number of amides is 2. The normalized spacial score (nSPS) is 15.4. The molecule has 150 valence electrons. The van der Waals surface area contributed by atoms with E-state index in [0.717, 1.165) is 11.3 Å². The van der Waals surface area contributed by atoms with Crippen LogP contribution in [0.1, 0.15) is 28.4 Å². The number of hydrazine groups is 1. The Morgan fingerprint density at radius 1 is 0.833 bits per heavy atom. The van der Waals surface area contributed by atoms with Crippen LogP contribution in [0.4, 0.5) is 10.1 Å². The average molecular weight is 402 g/mol. The van der Waals surface area contributed by atoms with E-state index in [0.29, 0.717) is 12.1 Å². The molecule has 0 aromatic heterocycles. The second-order valence-corrected chi connectivity index (χ2v) is 6.77. The zero-order valence-corrected chi connectivity index (χ0v) is 16.0. The minimum atomic E-state index is -0.540. The molecular formula is C23H19FN4O2. The second-order valence-electron chi connectivity index (χ2n) is 6.77. The third-order valence-electron chi connectivity index (χ3n) is 4.77. The van der Waals surface area contributed by atoms with Gasteiger partial charge in [-0.05, 0) is 42.0 Å². The minimum absolute atomic E-state index is 0.137. The van der Waals surface area contributed by atoms with Crippen LogP contribution in [-0.4, -0.2) is 17.5 Å². The summed E-state index contributed by atoms with van der Waals surface area (Å²) in [4.78, 5) is 24.8. The average Bonchev–Trinajstić information content (AvgIpc) is 3.24. The topological polar surface area (TPSA) is 73.8 Å². The fraction of sp³-hybridized carbons (Fsp3) is 0.0870. The van der Waals surface area contributed by atoms with Crippen molar-refractivity contribution in [3.63, 3.8) is 0 Å². The highest BCUT2D eigenvalue weighted by atomic mass is 19.1. The van der Waals surface area contributed by atoms with E-state index < -0.39 is 17.6 Å². The summed E-state index contributed by atoms with van der Waals surface area (Å²) >= 11 is 0. The van der Waals surface area contributed by atoms with Crippen LogP contribution in [-0.2, 0) is 4.79 Å². The summed E-state index contributed by atoms with van der Waals surface area (Å²) in [5.41, 5.74) is 7.16. The van der Waals surface area contributed by atoms with Crippen molar-refractivity contribution in [3.8, 4) is 0 Å². The van der Waals surface area contributed by atoms with Gasteiger partial charge in [-0.2, -0.15) is 5.10 Å². The molecule has 4 rings (SSSR count). The first-order valence-corrected chi connectivity index (χ1v) is 9.45. The van der Waals surface area contributed by atoms with E-state index in [-0.39, 0.29) is 11.6 Å². The minimum Gasteiger partial charge on any atom is -0.267 e. The molecule has 1 atom stereocenters. The zero-order valence-electron chi connectivity index (χ0n) is 16.0. The van der Waals surface area contributed by atoms with Gasteiger partial charge in [0.2, 0.25) is 0 Å². The number of benzene rings is 3. The molecule has 3 aromatic rings. The van der Waals surface area contributed by atoms with Crippen LogP contribution in [0.2, 0.25) is 0 Å². The molecule has 0 fully saturated rings. The summed E-state index contributed by atoms with van der Waals surface area (Å²) in [6.07, 6.45) is 0.386. The van der Waals surface area contributed by atoms with Gasteiger partial charge in [-0.3, -0.25) is 25.4 Å². The maximum atomic E-state index is 13.0. The number of hydrogen-bond donors (Lipinski definition) is 2. The Balaban J connectivity index is 1.49. The van der Waals surface area contributed by atoms with Gasteiger partial charge >= 0.3 is 0 Å². The molecule has 1 aliphatic heterocycles. The molecule has 2 amide bonds. The lowest BCUT2D eigenvalue weighted by Crippen LogP contribution is -2.44. The smallest absolute Gasteiger partial charge is 0.267 e. The predicted molar refractivity (Wildman–Crippen MR) is 112 cm³/mol. The Hall–Kier alpha value is -4.00. The number of hydrogen-bond acceptors (Lipinski definition) is 4. The summed E-state index contributed by atoms with van der Waals surface area (Å²) in [6, 6.07) is 24.3. The van der Waals surface area contributed by atoms with Crippen LogP contribution in [0.25, 0.3) is 0 Å². The number of halogens is 1. The highest BCUT2D eigenvalue weighted by molar-refractivity contribution is 6.39. The van der Waals surface area contributed by atoms with Gasteiger partial charge in [0.05, 0.1) is 11.7 Å². The van der Waals surface area contributed by atoms with Crippen molar-refractivity contribution in [2.45, 2.75) is 12.5 Å². The number of anilines is 1. The fourth-order valence-electron chi connectivity index (χ4n) is 3.26. The monoisotopic (exact) mass is 402 g/mol. The maximum absolute atomic E-state index is 13.0. The third kappa shape index (κ3) is 4.20. The van der Waals surface area contributed by atoms with E-state index >= 15 is 0 Å². The molecule has 0 saturated heterocycles. The largest absolute Gasteiger partial charge is 0.285 e. The van der Waals surface area contributed by atoms with Crippen LogP contribution >= 0.6 is 0 Å². The number of nitrogens with zero attached hydrogens (tertiary/aromatic N) is 2. The van der Waals surface area contributed by atoms with Crippen molar-refractivity contribution in [1.82, 2.24) is 10.9 Å². The fourth-order valence-corrected chi connectivity index (χ4v) is 3.26. The molecular weight excluding hydrogens is 383 g/mol. The van der Waals surface area contributed by atoms with E-state index in [4.69, 9.17) is 0 Å².